The van der Waals surface area contributed by atoms with Crippen molar-refractivity contribution in [1.29, 1.82) is 0 Å². The molecule has 0 amide bonds. The first-order chi connectivity index (χ1) is 7.58. The minimum absolute atomic E-state index is 0.522. The average molecular weight is 338 g/mol. The molecule has 0 saturated carbocycles. The standard InChI is InChI=1S/C11H7BrCl2OS/c12-9-1-2-16-11(9)10(15)6-3-7(13)5-8(14)4-6/h1-5,10,15H. The van der Waals surface area contributed by atoms with Gasteiger partial charge in [-0.3, -0.25) is 0 Å². The average Bonchev–Trinajstić information content (AvgIpc) is 2.62. The highest BCUT2D eigenvalue weighted by atomic mass is 79.9. The van der Waals surface area contributed by atoms with Crippen LogP contribution in [-0.2, 0) is 0 Å². The molecule has 1 heterocycles. The molecule has 5 heteroatoms. The van der Waals surface area contributed by atoms with Crippen LogP contribution in [0, 0.1) is 0 Å². The van der Waals surface area contributed by atoms with E-state index in [2.05, 4.69) is 15.9 Å². The maximum Gasteiger partial charge on any atom is 0.114 e. The number of aliphatic hydroxyl groups is 1. The van der Waals surface area contributed by atoms with E-state index in [1.54, 1.807) is 18.2 Å². The van der Waals surface area contributed by atoms with Crippen LogP contribution in [-0.4, -0.2) is 5.11 Å². The van der Waals surface area contributed by atoms with E-state index in [9.17, 15) is 5.11 Å². The third-order valence-electron chi connectivity index (χ3n) is 2.09. The van der Waals surface area contributed by atoms with Crippen molar-refractivity contribution in [3.63, 3.8) is 0 Å². The summed E-state index contributed by atoms with van der Waals surface area (Å²) in [6.45, 7) is 0. The zero-order chi connectivity index (χ0) is 11.7. The van der Waals surface area contributed by atoms with E-state index >= 15 is 0 Å². The van der Waals surface area contributed by atoms with Gasteiger partial charge in [-0.2, -0.15) is 0 Å². The second-order valence-electron chi connectivity index (χ2n) is 3.24. The molecule has 84 valence electrons. The minimum Gasteiger partial charge on any atom is -0.383 e. The topological polar surface area (TPSA) is 20.2 Å². The van der Waals surface area contributed by atoms with Gasteiger partial charge in [-0.05, 0) is 51.1 Å². The van der Waals surface area contributed by atoms with Gasteiger partial charge in [0.2, 0.25) is 0 Å². The van der Waals surface area contributed by atoms with E-state index in [0.717, 1.165) is 9.35 Å². The van der Waals surface area contributed by atoms with Crippen molar-refractivity contribution < 1.29 is 5.11 Å². The van der Waals surface area contributed by atoms with Crippen LogP contribution < -0.4 is 0 Å². The molecule has 1 aromatic carbocycles. The lowest BCUT2D eigenvalue weighted by Crippen LogP contribution is -1.97. The van der Waals surface area contributed by atoms with E-state index in [4.69, 9.17) is 23.2 Å². The van der Waals surface area contributed by atoms with Gasteiger partial charge < -0.3 is 5.11 Å². The highest BCUT2D eigenvalue weighted by Crippen LogP contribution is 2.34. The fourth-order valence-corrected chi connectivity index (χ4v) is 3.53. The molecule has 2 rings (SSSR count). The molecule has 0 aliphatic heterocycles. The van der Waals surface area contributed by atoms with E-state index in [1.165, 1.54) is 11.3 Å². The Hall–Kier alpha value is -0.0600. The summed E-state index contributed by atoms with van der Waals surface area (Å²) in [5.41, 5.74) is 0.695. The van der Waals surface area contributed by atoms with E-state index in [-0.39, 0.29) is 0 Å². The summed E-state index contributed by atoms with van der Waals surface area (Å²) in [6.07, 6.45) is -0.703. The Morgan fingerprint density at radius 2 is 1.81 bits per heavy atom. The van der Waals surface area contributed by atoms with Gasteiger partial charge in [-0.15, -0.1) is 11.3 Å². The maximum atomic E-state index is 10.2. The molecule has 0 spiro atoms. The molecule has 1 aromatic heterocycles. The van der Waals surface area contributed by atoms with Crippen molar-refractivity contribution in [3.05, 3.63) is 54.6 Å². The first-order valence-corrected chi connectivity index (χ1v) is 6.87. The molecule has 2 aromatic rings. The second-order valence-corrected chi connectivity index (χ2v) is 5.91. The van der Waals surface area contributed by atoms with E-state index < -0.39 is 6.10 Å². The highest BCUT2D eigenvalue weighted by molar-refractivity contribution is 9.10. The Morgan fingerprint density at radius 3 is 2.31 bits per heavy atom. The maximum absolute atomic E-state index is 10.2. The smallest absolute Gasteiger partial charge is 0.114 e. The predicted molar refractivity (Wildman–Crippen MR) is 72.5 cm³/mol. The molecule has 0 bridgehead atoms. The van der Waals surface area contributed by atoms with Crippen molar-refractivity contribution in [3.8, 4) is 0 Å². The summed E-state index contributed by atoms with van der Waals surface area (Å²) in [4.78, 5) is 0.846. The van der Waals surface area contributed by atoms with Crippen LogP contribution in [0.1, 0.15) is 16.5 Å². The van der Waals surface area contributed by atoms with Gasteiger partial charge in [-0.1, -0.05) is 23.2 Å². The van der Waals surface area contributed by atoms with Gasteiger partial charge in [0, 0.05) is 14.5 Å². The quantitative estimate of drug-likeness (QED) is 0.826. The zero-order valence-corrected chi connectivity index (χ0v) is 11.9. The lowest BCUT2D eigenvalue weighted by molar-refractivity contribution is 0.223. The molecule has 0 aliphatic carbocycles. The molecule has 1 unspecified atom stereocenters. The molecule has 0 radical (unpaired) electrons. The Labute approximate surface area is 116 Å². The Balaban J connectivity index is 2.41. The molecular formula is C11H7BrCl2OS. The number of halogens is 3. The number of hydrogen-bond acceptors (Lipinski definition) is 2. The fraction of sp³-hybridized carbons (Fsp3) is 0.0909. The SMILES string of the molecule is OC(c1cc(Cl)cc(Cl)c1)c1sccc1Br. The Morgan fingerprint density at radius 1 is 1.19 bits per heavy atom. The van der Waals surface area contributed by atoms with Gasteiger partial charge in [0.15, 0.2) is 0 Å². The monoisotopic (exact) mass is 336 g/mol. The van der Waals surface area contributed by atoms with Crippen LogP contribution >= 0.6 is 50.5 Å². The summed E-state index contributed by atoms with van der Waals surface area (Å²) in [5.74, 6) is 0. The highest BCUT2D eigenvalue weighted by Gasteiger charge is 2.16. The van der Waals surface area contributed by atoms with Crippen LogP contribution in [0.25, 0.3) is 0 Å². The van der Waals surface area contributed by atoms with Crippen molar-refractivity contribution in [2.75, 3.05) is 0 Å². The lowest BCUT2D eigenvalue weighted by Gasteiger charge is -2.10. The summed E-state index contributed by atoms with van der Waals surface area (Å²) in [5, 5.41) is 13.1. The van der Waals surface area contributed by atoms with Crippen LogP contribution in [0.4, 0.5) is 0 Å². The van der Waals surface area contributed by atoms with Crippen molar-refractivity contribution in [1.82, 2.24) is 0 Å². The van der Waals surface area contributed by atoms with E-state index in [1.807, 2.05) is 11.4 Å². The molecule has 1 nitrogen and oxygen atoms in total. The van der Waals surface area contributed by atoms with Crippen LogP contribution in [0.2, 0.25) is 10.0 Å². The molecule has 0 aliphatic rings. The number of hydrogen-bond donors (Lipinski definition) is 1. The first kappa shape index (κ1) is 12.4. The summed E-state index contributed by atoms with van der Waals surface area (Å²) in [6, 6.07) is 6.96. The zero-order valence-electron chi connectivity index (χ0n) is 7.95. The largest absolute Gasteiger partial charge is 0.383 e. The van der Waals surface area contributed by atoms with Gasteiger partial charge in [0.25, 0.3) is 0 Å². The van der Waals surface area contributed by atoms with Crippen LogP contribution in [0.5, 0.6) is 0 Å². The van der Waals surface area contributed by atoms with E-state index in [0.29, 0.717) is 15.6 Å². The summed E-state index contributed by atoms with van der Waals surface area (Å²) >= 11 is 16.6. The summed E-state index contributed by atoms with van der Waals surface area (Å²) in [7, 11) is 0. The fourth-order valence-electron chi connectivity index (χ4n) is 1.38. The number of benzene rings is 1. The third-order valence-corrected chi connectivity index (χ3v) is 4.45. The molecule has 1 atom stereocenters. The Kier molecular flexibility index (Phi) is 3.93. The van der Waals surface area contributed by atoms with Crippen LogP contribution in [0.15, 0.2) is 34.1 Å². The first-order valence-electron chi connectivity index (χ1n) is 4.45. The lowest BCUT2D eigenvalue weighted by atomic mass is 10.1. The van der Waals surface area contributed by atoms with Gasteiger partial charge in [-0.25, -0.2) is 0 Å². The minimum atomic E-state index is -0.703. The van der Waals surface area contributed by atoms with Gasteiger partial charge in [0.1, 0.15) is 6.10 Å². The van der Waals surface area contributed by atoms with Crippen molar-refractivity contribution >= 4 is 50.5 Å². The second kappa shape index (κ2) is 5.07. The van der Waals surface area contributed by atoms with Crippen LogP contribution in [0.3, 0.4) is 0 Å². The molecule has 1 N–H and O–H groups in total. The van der Waals surface area contributed by atoms with Crippen molar-refractivity contribution in [2.45, 2.75) is 6.10 Å². The summed E-state index contributed by atoms with van der Waals surface area (Å²) < 4.78 is 0.890. The molecule has 0 fully saturated rings. The predicted octanol–water partition coefficient (Wildman–Crippen LogP) is 4.90. The number of rotatable bonds is 2. The van der Waals surface area contributed by atoms with Crippen molar-refractivity contribution in [2.24, 2.45) is 0 Å². The number of thiophene rings is 1. The number of aliphatic hydroxyl groups excluding tert-OH is 1. The third kappa shape index (κ3) is 2.60. The van der Waals surface area contributed by atoms with Gasteiger partial charge >= 0.3 is 0 Å². The molecule has 16 heavy (non-hydrogen) atoms. The Bertz CT molecular complexity index is 492. The molecular weight excluding hydrogens is 331 g/mol. The normalized spacial score (nSPS) is 12.8. The van der Waals surface area contributed by atoms with Gasteiger partial charge in [0.05, 0.1) is 4.88 Å². The molecule has 0 saturated heterocycles.